The zero-order chi connectivity index (χ0) is 19.6. The lowest BCUT2D eigenvalue weighted by atomic mass is 10.0. The minimum Gasteiger partial charge on any atom is -0.376 e. The number of benzene rings is 2. The summed E-state index contributed by atoms with van der Waals surface area (Å²) < 4.78 is 26.7. The Hall–Kier alpha value is -2.38. The number of hydrogen-bond acceptors (Lipinski definition) is 4. The highest BCUT2D eigenvalue weighted by molar-refractivity contribution is 7.89. The second-order valence-corrected chi connectivity index (χ2v) is 9.20. The van der Waals surface area contributed by atoms with Gasteiger partial charge < -0.3 is 10.2 Å². The Labute approximate surface area is 166 Å². The minimum absolute atomic E-state index is 0.0147. The summed E-state index contributed by atoms with van der Waals surface area (Å²) >= 11 is 0. The molecule has 4 rings (SSSR count). The van der Waals surface area contributed by atoms with Gasteiger partial charge in [-0.05, 0) is 61.6 Å². The van der Waals surface area contributed by atoms with Crippen molar-refractivity contribution in [3.8, 4) is 0 Å². The first-order chi connectivity index (χ1) is 13.6. The molecule has 1 saturated heterocycles. The first kappa shape index (κ1) is 19.0. The van der Waals surface area contributed by atoms with E-state index >= 15 is 0 Å². The van der Waals surface area contributed by atoms with Crippen molar-refractivity contribution in [3.05, 3.63) is 54.1 Å². The van der Waals surface area contributed by atoms with Crippen LogP contribution in [0, 0.1) is 0 Å². The Bertz CT molecular complexity index is 951. The lowest BCUT2D eigenvalue weighted by Crippen LogP contribution is -2.39. The summed E-state index contributed by atoms with van der Waals surface area (Å²) in [5.41, 5.74) is 2.94. The van der Waals surface area contributed by atoms with Gasteiger partial charge in [0.1, 0.15) is 0 Å². The maximum atomic E-state index is 12.7. The molecule has 0 radical (unpaired) electrons. The van der Waals surface area contributed by atoms with Crippen molar-refractivity contribution in [2.24, 2.45) is 0 Å². The number of para-hydroxylation sites is 1. The van der Waals surface area contributed by atoms with Crippen molar-refractivity contribution in [2.75, 3.05) is 36.4 Å². The summed E-state index contributed by atoms with van der Waals surface area (Å²) in [7, 11) is -3.41. The maximum absolute atomic E-state index is 12.7. The lowest BCUT2D eigenvalue weighted by Gasteiger charge is -2.29. The molecule has 0 saturated carbocycles. The quantitative estimate of drug-likeness (QED) is 0.839. The average Bonchev–Trinajstić information content (AvgIpc) is 3.28. The van der Waals surface area contributed by atoms with Gasteiger partial charge in [0.25, 0.3) is 0 Å². The molecular formula is C21H25N3O3S. The predicted octanol–water partition coefficient (Wildman–Crippen LogP) is 2.86. The van der Waals surface area contributed by atoms with Crippen LogP contribution >= 0.6 is 0 Å². The SMILES string of the molecule is O=C(CNc1ccc(S(=O)(=O)N2CCCC2)cc1)N1CCCc2ccccc21. The highest BCUT2D eigenvalue weighted by atomic mass is 32.2. The van der Waals surface area contributed by atoms with Crippen LogP contribution in [0.15, 0.2) is 53.4 Å². The first-order valence-electron chi connectivity index (χ1n) is 9.78. The molecule has 0 spiro atoms. The Morgan fingerprint density at radius 3 is 2.39 bits per heavy atom. The van der Waals surface area contributed by atoms with Gasteiger partial charge in [-0.1, -0.05) is 18.2 Å². The van der Waals surface area contributed by atoms with Gasteiger partial charge >= 0.3 is 0 Å². The number of hydrogen-bond donors (Lipinski definition) is 1. The van der Waals surface area contributed by atoms with Crippen molar-refractivity contribution in [2.45, 2.75) is 30.6 Å². The molecule has 0 atom stereocenters. The van der Waals surface area contributed by atoms with Gasteiger partial charge in [0.05, 0.1) is 11.4 Å². The van der Waals surface area contributed by atoms with E-state index in [1.54, 1.807) is 24.3 Å². The summed E-state index contributed by atoms with van der Waals surface area (Å²) in [5, 5.41) is 3.12. The van der Waals surface area contributed by atoms with Gasteiger partial charge in [0.15, 0.2) is 0 Å². The number of sulfonamides is 1. The van der Waals surface area contributed by atoms with E-state index in [9.17, 15) is 13.2 Å². The highest BCUT2D eigenvalue weighted by Crippen LogP contribution is 2.27. The molecule has 1 fully saturated rings. The average molecular weight is 400 g/mol. The topological polar surface area (TPSA) is 69.7 Å². The Morgan fingerprint density at radius 2 is 1.64 bits per heavy atom. The third kappa shape index (κ3) is 3.77. The Kier molecular flexibility index (Phi) is 5.37. The summed E-state index contributed by atoms with van der Waals surface area (Å²) in [4.78, 5) is 14.8. The number of rotatable bonds is 5. The fraction of sp³-hybridized carbons (Fsp3) is 0.381. The van der Waals surface area contributed by atoms with E-state index in [0.29, 0.717) is 18.0 Å². The van der Waals surface area contributed by atoms with Gasteiger partial charge in [0.2, 0.25) is 15.9 Å². The third-order valence-electron chi connectivity index (χ3n) is 5.41. The molecule has 6 nitrogen and oxygen atoms in total. The van der Waals surface area contributed by atoms with Crippen LogP contribution in [-0.4, -0.2) is 44.8 Å². The second-order valence-electron chi connectivity index (χ2n) is 7.27. The summed E-state index contributed by atoms with van der Waals surface area (Å²) in [6.45, 7) is 2.08. The number of carbonyl (C=O) groups is 1. The van der Waals surface area contributed by atoms with Crippen molar-refractivity contribution >= 4 is 27.3 Å². The molecule has 148 valence electrons. The third-order valence-corrected chi connectivity index (χ3v) is 7.33. The number of carbonyl (C=O) groups excluding carboxylic acids is 1. The van der Waals surface area contributed by atoms with E-state index < -0.39 is 10.0 Å². The summed E-state index contributed by atoms with van der Waals surface area (Å²) in [6.07, 6.45) is 3.80. The van der Waals surface area contributed by atoms with Crippen LogP contribution in [0.3, 0.4) is 0 Å². The zero-order valence-electron chi connectivity index (χ0n) is 15.8. The molecule has 0 unspecified atom stereocenters. The van der Waals surface area contributed by atoms with E-state index in [4.69, 9.17) is 0 Å². The van der Waals surface area contributed by atoms with E-state index in [2.05, 4.69) is 11.4 Å². The van der Waals surface area contributed by atoms with E-state index in [1.807, 2.05) is 23.1 Å². The fourth-order valence-corrected chi connectivity index (χ4v) is 5.41. The van der Waals surface area contributed by atoms with E-state index in [-0.39, 0.29) is 12.5 Å². The minimum atomic E-state index is -3.41. The van der Waals surface area contributed by atoms with Crippen LogP contribution in [0.5, 0.6) is 0 Å². The molecule has 28 heavy (non-hydrogen) atoms. The normalized spacial score (nSPS) is 17.4. The molecular weight excluding hydrogens is 374 g/mol. The van der Waals surface area contributed by atoms with Crippen molar-refractivity contribution in [1.82, 2.24) is 4.31 Å². The van der Waals surface area contributed by atoms with Crippen LogP contribution in [0.2, 0.25) is 0 Å². The molecule has 0 aromatic heterocycles. The number of anilines is 2. The second kappa shape index (κ2) is 7.93. The van der Waals surface area contributed by atoms with Crippen LogP contribution in [0.25, 0.3) is 0 Å². The van der Waals surface area contributed by atoms with Gasteiger partial charge in [0, 0.05) is 31.0 Å². The largest absolute Gasteiger partial charge is 0.376 e. The van der Waals surface area contributed by atoms with Crippen LogP contribution < -0.4 is 10.2 Å². The maximum Gasteiger partial charge on any atom is 0.246 e. The van der Waals surface area contributed by atoms with Gasteiger partial charge in [-0.2, -0.15) is 4.31 Å². The fourth-order valence-electron chi connectivity index (χ4n) is 3.89. The molecule has 0 bridgehead atoms. The standard InChI is InChI=1S/C21H25N3O3S/c25-21(24-15-5-7-17-6-1-2-8-20(17)24)16-22-18-9-11-19(12-10-18)28(26,27)23-13-3-4-14-23/h1-2,6,8-12,22H,3-5,7,13-16H2. The van der Waals surface area contributed by atoms with Gasteiger partial charge in [-0.3, -0.25) is 4.79 Å². The number of nitrogens with one attached hydrogen (secondary N) is 1. The molecule has 7 heteroatoms. The number of nitrogens with zero attached hydrogens (tertiary/aromatic N) is 2. The van der Waals surface area contributed by atoms with Crippen molar-refractivity contribution in [1.29, 1.82) is 0 Å². The first-order valence-corrected chi connectivity index (χ1v) is 11.2. The number of fused-ring (bicyclic) bond motifs is 1. The zero-order valence-corrected chi connectivity index (χ0v) is 16.6. The number of amides is 1. The summed E-state index contributed by atoms with van der Waals surface area (Å²) in [5.74, 6) is 0.0147. The molecule has 2 aromatic carbocycles. The van der Waals surface area contributed by atoms with Gasteiger partial charge in [-0.15, -0.1) is 0 Å². The van der Waals surface area contributed by atoms with Crippen molar-refractivity contribution < 1.29 is 13.2 Å². The monoisotopic (exact) mass is 399 g/mol. The molecule has 1 amide bonds. The van der Waals surface area contributed by atoms with E-state index in [0.717, 1.165) is 43.6 Å². The Balaban J connectivity index is 1.40. The van der Waals surface area contributed by atoms with Gasteiger partial charge in [-0.25, -0.2) is 8.42 Å². The lowest BCUT2D eigenvalue weighted by molar-refractivity contribution is -0.117. The molecule has 2 aliphatic rings. The predicted molar refractivity (Wildman–Crippen MR) is 110 cm³/mol. The van der Waals surface area contributed by atoms with Crippen LogP contribution in [0.1, 0.15) is 24.8 Å². The molecule has 0 aliphatic carbocycles. The molecule has 2 heterocycles. The van der Waals surface area contributed by atoms with Crippen LogP contribution in [0.4, 0.5) is 11.4 Å². The highest BCUT2D eigenvalue weighted by Gasteiger charge is 2.27. The molecule has 2 aromatic rings. The van der Waals surface area contributed by atoms with Crippen molar-refractivity contribution in [3.63, 3.8) is 0 Å². The molecule has 2 aliphatic heterocycles. The van der Waals surface area contributed by atoms with E-state index in [1.165, 1.54) is 9.87 Å². The van der Waals surface area contributed by atoms with Crippen LogP contribution in [-0.2, 0) is 21.2 Å². The number of aryl methyl sites for hydroxylation is 1. The Morgan fingerprint density at radius 1 is 0.929 bits per heavy atom. The molecule has 1 N–H and O–H groups in total. The smallest absolute Gasteiger partial charge is 0.246 e. The summed E-state index contributed by atoms with van der Waals surface area (Å²) in [6, 6.07) is 14.7.